The molecule has 0 saturated heterocycles. The standard InChI is InChI=1S/C21H21N3/c1-2-15-8-5-10-17-13-14-24(20(15)17)21(22)23-19-12-6-9-16-7-3-4-11-18(16)19/h3-12H,2,13-14H2,1H3,(H2,22,23). The molecule has 120 valence electrons. The zero-order valence-electron chi connectivity index (χ0n) is 13.9. The third kappa shape index (κ3) is 2.42. The molecule has 4 rings (SSSR count). The smallest absolute Gasteiger partial charge is 0.201 e. The molecule has 3 aromatic carbocycles. The monoisotopic (exact) mass is 315 g/mol. The number of aryl methyl sites for hydroxylation is 1. The van der Waals surface area contributed by atoms with Crippen molar-refractivity contribution in [3.8, 4) is 0 Å². The molecule has 0 saturated carbocycles. The molecule has 24 heavy (non-hydrogen) atoms. The minimum atomic E-state index is 0.575. The van der Waals surface area contributed by atoms with E-state index in [4.69, 9.17) is 10.7 Å². The molecule has 0 aromatic heterocycles. The lowest BCUT2D eigenvalue weighted by atomic mass is 10.1. The molecule has 0 bridgehead atoms. The maximum atomic E-state index is 6.42. The third-order valence-corrected chi connectivity index (χ3v) is 4.74. The van der Waals surface area contributed by atoms with Crippen LogP contribution in [-0.4, -0.2) is 12.5 Å². The van der Waals surface area contributed by atoms with E-state index in [1.165, 1.54) is 22.2 Å². The second kappa shape index (κ2) is 6.00. The average Bonchev–Trinajstić information content (AvgIpc) is 3.06. The lowest BCUT2D eigenvalue weighted by molar-refractivity contribution is 1.01. The summed E-state index contributed by atoms with van der Waals surface area (Å²) in [6.45, 7) is 3.08. The van der Waals surface area contributed by atoms with Gasteiger partial charge in [0.15, 0.2) is 0 Å². The summed E-state index contributed by atoms with van der Waals surface area (Å²) in [7, 11) is 0. The number of nitrogens with two attached hydrogens (primary N) is 1. The van der Waals surface area contributed by atoms with E-state index in [9.17, 15) is 0 Å². The van der Waals surface area contributed by atoms with E-state index in [1.54, 1.807) is 0 Å². The number of aliphatic imine (C=N–C) groups is 1. The van der Waals surface area contributed by atoms with Crippen molar-refractivity contribution < 1.29 is 0 Å². The first-order chi connectivity index (χ1) is 11.8. The van der Waals surface area contributed by atoms with Crippen molar-refractivity contribution in [2.45, 2.75) is 19.8 Å². The Hall–Kier alpha value is -2.81. The van der Waals surface area contributed by atoms with Crippen molar-refractivity contribution in [3.63, 3.8) is 0 Å². The van der Waals surface area contributed by atoms with Gasteiger partial charge in [0, 0.05) is 11.9 Å². The number of guanidine groups is 1. The lowest BCUT2D eigenvalue weighted by Gasteiger charge is -2.21. The summed E-state index contributed by atoms with van der Waals surface area (Å²) in [5.74, 6) is 0.575. The highest BCUT2D eigenvalue weighted by molar-refractivity contribution is 6.02. The molecule has 0 aliphatic carbocycles. The van der Waals surface area contributed by atoms with Crippen LogP contribution in [0.1, 0.15) is 18.1 Å². The first kappa shape index (κ1) is 14.8. The maximum Gasteiger partial charge on any atom is 0.201 e. The van der Waals surface area contributed by atoms with Crippen molar-refractivity contribution >= 4 is 28.1 Å². The predicted octanol–water partition coefficient (Wildman–Crippen LogP) is 4.41. The van der Waals surface area contributed by atoms with Crippen LogP contribution in [0.15, 0.2) is 65.7 Å². The second-order valence-electron chi connectivity index (χ2n) is 6.15. The van der Waals surface area contributed by atoms with Crippen LogP contribution in [0.4, 0.5) is 11.4 Å². The van der Waals surface area contributed by atoms with E-state index in [2.05, 4.69) is 48.2 Å². The molecule has 0 fully saturated rings. The molecule has 0 unspecified atom stereocenters. The van der Waals surface area contributed by atoms with E-state index < -0.39 is 0 Å². The van der Waals surface area contributed by atoms with Crippen LogP contribution in [0.3, 0.4) is 0 Å². The lowest BCUT2D eigenvalue weighted by Crippen LogP contribution is -2.36. The Balaban J connectivity index is 1.78. The summed E-state index contributed by atoms with van der Waals surface area (Å²) in [6, 6.07) is 21.0. The van der Waals surface area contributed by atoms with E-state index in [0.717, 1.165) is 30.5 Å². The third-order valence-electron chi connectivity index (χ3n) is 4.74. The van der Waals surface area contributed by atoms with Crippen LogP contribution < -0.4 is 10.6 Å². The van der Waals surface area contributed by atoms with Crippen LogP contribution >= 0.6 is 0 Å². The van der Waals surface area contributed by atoms with Crippen LogP contribution in [-0.2, 0) is 12.8 Å². The average molecular weight is 315 g/mol. The fourth-order valence-corrected chi connectivity index (χ4v) is 3.54. The molecular weight excluding hydrogens is 294 g/mol. The Morgan fingerprint density at radius 3 is 2.71 bits per heavy atom. The van der Waals surface area contributed by atoms with Gasteiger partial charge in [-0.25, -0.2) is 4.99 Å². The number of nitrogens with zero attached hydrogens (tertiary/aromatic N) is 2. The molecular formula is C21H21N3. The van der Waals surface area contributed by atoms with Crippen molar-refractivity contribution in [2.75, 3.05) is 11.4 Å². The summed E-state index contributed by atoms with van der Waals surface area (Å²) >= 11 is 0. The molecule has 3 aromatic rings. The van der Waals surface area contributed by atoms with E-state index in [-0.39, 0.29) is 0 Å². The molecule has 3 heteroatoms. The molecule has 1 aliphatic rings. The Bertz CT molecular complexity index is 922. The van der Waals surface area contributed by atoms with Gasteiger partial charge in [-0.2, -0.15) is 0 Å². The number of hydrogen-bond acceptors (Lipinski definition) is 1. The highest BCUT2D eigenvalue weighted by Crippen LogP contribution is 2.33. The minimum absolute atomic E-state index is 0.575. The van der Waals surface area contributed by atoms with Gasteiger partial charge in [-0.15, -0.1) is 0 Å². The Kier molecular flexibility index (Phi) is 3.69. The van der Waals surface area contributed by atoms with Crippen molar-refractivity contribution in [1.29, 1.82) is 0 Å². The minimum Gasteiger partial charge on any atom is -0.369 e. The van der Waals surface area contributed by atoms with Gasteiger partial charge in [-0.05, 0) is 35.4 Å². The van der Waals surface area contributed by atoms with Gasteiger partial charge >= 0.3 is 0 Å². The Labute approximate surface area is 142 Å². The largest absolute Gasteiger partial charge is 0.369 e. The molecule has 0 radical (unpaired) electrons. The van der Waals surface area contributed by atoms with Gasteiger partial charge < -0.3 is 10.6 Å². The highest BCUT2D eigenvalue weighted by Gasteiger charge is 2.24. The van der Waals surface area contributed by atoms with Gasteiger partial charge in [-0.1, -0.05) is 61.5 Å². The molecule has 3 nitrogen and oxygen atoms in total. The number of anilines is 1. The van der Waals surface area contributed by atoms with Gasteiger partial charge in [0.2, 0.25) is 5.96 Å². The van der Waals surface area contributed by atoms with Crippen LogP contribution in [0, 0.1) is 0 Å². The first-order valence-corrected chi connectivity index (χ1v) is 8.48. The van der Waals surface area contributed by atoms with E-state index in [1.807, 2.05) is 24.3 Å². The normalized spacial score (nSPS) is 14.2. The predicted molar refractivity (Wildman–Crippen MR) is 102 cm³/mol. The Morgan fingerprint density at radius 1 is 1.04 bits per heavy atom. The van der Waals surface area contributed by atoms with Crippen LogP contribution in [0.5, 0.6) is 0 Å². The van der Waals surface area contributed by atoms with Gasteiger partial charge in [0.1, 0.15) is 0 Å². The zero-order chi connectivity index (χ0) is 16.5. The van der Waals surface area contributed by atoms with Crippen LogP contribution in [0.2, 0.25) is 0 Å². The summed E-state index contributed by atoms with van der Waals surface area (Å²) in [6.07, 6.45) is 2.02. The summed E-state index contributed by atoms with van der Waals surface area (Å²) in [5.41, 5.74) is 11.3. The highest BCUT2D eigenvalue weighted by atomic mass is 15.3. The topological polar surface area (TPSA) is 41.6 Å². The van der Waals surface area contributed by atoms with Crippen molar-refractivity contribution in [1.82, 2.24) is 0 Å². The van der Waals surface area contributed by atoms with E-state index >= 15 is 0 Å². The summed E-state index contributed by atoms with van der Waals surface area (Å²) in [4.78, 5) is 6.93. The maximum absolute atomic E-state index is 6.42. The zero-order valence-corrected chi connectivity index (χ0v) is 13.9. The molecule has 1 heterocycles. The molecule has 1 aliphatic heterocycles. The van der Waals surface area contributed by atoms with E-state index in [0.29, 0.717) is 5.96 Å². The second-order valence-corrected chi connectivity index (χ2v) is 6.15. The molecule has 2 N–H and O–H groups in total. The number of benzene rings is 3. The van der Waals surface area contributed by atoms with Crippen molar-refractivity contribution in [3.05, 3.63) is 71.8 Å². The summed E-state index contributed by atoms with van der Waals surface area (Å²) < 4.78 is 0. The fraction of sp³-hybridized carbons (Fsp3) is 0.190. The molecule has 0 amide bonds. The number of rotatable bonds is 2. The van der Waals surface area contributed by atoms with Crippen molar-refractivity contribution in [2.24, 2.45) is 10.7 Å². The van der Waals surface area contributed by atoms with Gasteiger partial charge in [-0.3, -0.25) is 0 Å². The fourth-order valence-electron chi connectivity index (χ4n) is 3.54. The first-order valence-electron chi connectivity index (χ1n) is 8.48. The van der Waals surface area contributed by atoms with Crippen LogP contribution in [0.25, 0.3) is 10.8 Å². The van der Waals surface area contributed by atoms with Gasteiger partial charge in [0.25, 0.3) is 0 Å². The SMILES string of the molecule is CCc1cccc2c1N(C(N)=Nc1cccc3ccccc13)CC2. The molecule has 0 atom stereocenters. The number of fused-ring (bicyclic) bond motifs is 2. The molecule has 0 spiro atoms. The Morgan fingerprint density at radius 2 is 1.83 bits per heavy atom. The number of para-hydroxylation sites is 1. The van der Waals surface area contributed by atoms with Gasteiger partial charge in [0.05, 0.1) is 11.4 Å². The summed E-state index contributed by atoms with van der Waals surface area (Å²) in [5, 5.41) is 2.31. The number of hydrogen-bond donors (Lipinski definition) is 1. The quantitative estimate of drug-likeness (QED) is 0.562.